The van der Waals surface area contributed by atoms with Gasteiger partial charge >= 0.3 is 6.03 Å². The molecule has 0 spiro atoms. The van der Waals surface area contributed by atoms with Crippen LogP contribution < -0.4 is 10.6 Å². The summed E-state index contributed by atoms with van der Waals surface area (Å²) in [6.07, 6.45) is 0. The molecule has 0 aliphatic carbocycles. The quantitative estimate of drug-likeness (QED) is 0.795. The fourth-order valence-corrected chi connectivity index (χ4v) is 3.08. The lowest BCUT2D eigenvalue weighted by Gasteiger charge is -2.26. The smallest absolute Gasteiger partial charge is 0.317 e. The summed E-state index contributed by atoms with van der Waals surface area (Å²) >= 11 is 1.68. The van der Waals surface area contributed by atoms with E-state index in [9.17, 15) is 9.59 Å². The molecular formula is C15H26N4O2S. The average Bonchev–Trinajstić information content (AvgIpc) is 2.99. The molecule has 1 heterocycles. The monoisotopic (exact) mass is 326 g/mol. The SMILES string of the molecule is CNC(=O)[C@H](C)CN(C)C(=O)NC[C@H](c1cccs1)N(C)C. The van der Waals surface area contributed by atoms with Crippen molar-refractivity contribution in [2.45, 2.75) is 13.0 Å². The minimum atomic E-state index is -0.234. The average molecular weight is 326 g/mol. The van der Waals surface area contributed by atoms with E-state index < -0.39 is 0 Å². The number of hydrogen-bond donors (Lipinski definition) is 2. The Bertz CT molecular complexity index is 476. The molecule has 1 aromatic rings. The predicted octanol–water partition coefficient (Wildman–Crippen LogP) is 1.37. The van der Waals surface area contributed by atoms with Gasteiger partial charge in [0, 0.05) is 32.1 Å². The van der Waals surface area contributed by atoms with Crippen molar-refractivity contribution in [2.24, 2.45) is 5.92 Å². The standard InChI is InChI=1S/C15H26N4O2S/c1-11(14(20)16-2)10-19(5)15(21)17-9-12(18(3)4)13-7-6-8-22-13/h6-8,11-12H,9-10H2,1-5H3,(H,16,20)(H,17,21)/t11-,12-/m1/s1. The Hall–Kier alpha value is -1.60. The second-order valence-corrected chi connectivity index (χ2v) is 6.56. The Morgan fingerprint density at radius 1 is 1.32 bits per heavy atom. The number of amides is 3. The van der Waals surface area contributed by atoms with Crippen molar-refractivity contribution in [2.75, 3.05) is 41.3 Å². The van der Waals surface area contributed by atoms with Crippen LogP contribution in [0.25, 0.3) is 0 Å². The van der Waals surface area contributed by atoms with Gasteiger partial charge in [-0.05, 0) is 25.5 Å². The molecule has 0 bridgehead atoms. The van der Waals surface area contributed by atoms with E-state index in [-0.39, 0.29) is 23.9 Å². The molecule has 2 atom stereocenters. The van der Waals surface area contributed by atoms with E-state index in [0.717, 1.165) is 0 Å². The fourth-order valence-electron chi connectivity index (χ4n) is 2.16. The first kappa shape index (κ1) is 18.4. The summed E-state index contributed by atoms with van der Waals surface area (Å²) in [4.78, 5) is 28.5. The highest BCUT2D eigenvalue weighted by molar-refractivity contribution is 7.10. The Labute approximate surface area is 136 Å². The van der Waals surface area contributed by atoms with Crippen LogP contribution in [0.1, 0.15) is 17.8 Å². The second kappa shape index (κ2) is 8.75. The summed E-state index contributed by atoms with van der Waals surface area (Å²) in [5.41, 5.74) is 0. The lowest BCUT2D eigenvalue weighted by Crippen LogP contribution is -2.44. The molecule has 0 radical (unpaired) electrons. The van der Waals surface area contributed by atoms with Gasteiger partial charge in [0.2, 0.25) is 5.91 Å². The summed E-state index contributed by atoms with van der Waals surface area (Å²) in [5.74, 6) is -0.299. The van der Waals surface area contributed by atoms with E-state index in [1.54, 1.807) is 37.3 Å². The van der Waals surface area contributed by atoms with E-state index >= 15 is 0 Å². The first-order valence-corrected chi connectivity index (χ1v) is 8.15. The van der Waals surface area contributed by atoms with Gasteiger partial charge in [0.1, 0.15) is 0 Å². The molecule has 2 N–H and O–H groups in total. The lowest BCUT2D eigenvalue weighted by atomic mass is 10.1. The number of likely N-dealkylation sites (N-methyl/N-ethyl adjacent to an activating group) is 1. The van der Waals surface area contributed by atoms with Crippen LogP contribution in [0.4, 0.5) is 4.79 Å². The number of carbonyl (C=O) groups excluding carboxylic acids is 2. The normalized spacial score (nSPS) is 13.5. The highest BCUT2D eigenvalue weighted by Gasteiger charge is 2.20. The van der Waals surface area contributed by atoms with Crippen LogP contribution >= 0.6 is 11.3 Å². The van der Waals surface area contributed by atoms with Crippen molar-refractivity contribution in [3.63, 3.8) is 0 Å². The van der Waals surface area contributed by atoms with Gasteiger partial charge in [-0.3, -0.25) is 4.79 Å². The number of thiophene rings is 1. The van der Waals surface area contributed by atoms with Gasteiger partial charge in [-0.1, -0.05) is 13.0 Å². The van der Waals surface area contributed by atoms with Gasteiger partial charge in [0.25, 0.3) is 0 Å². The van der Waals surface area contributed by atoms with E-state index in [1.807, 2.05) is 25.5 Å². The molecule has 1 rings (SSSR count). The van der Waals surface area contributed by atoms with Crippen LogP contribution in [0, 0.1) is 5.92 Å². The van der Waals surface area contributed by atoms with Gasteiger partial charge in [-0.25, -0.2) is 4.79 Å². The number of urea groups is 1. The first-order chi connectivity index (χ1) is 10.4. The first-order valence-electron chi connectivity index (χ1n) is 7.27. The zero-order valence-electron chi connectivity index (χ0n) is 13.9. The van der Waals surface area contributed by atoms with Gasteiger partial charge in [0.15, 0.2) is 0 Å². The molecule has 0 aliphatic rings. The zero-order chi connectivity index (χ0) is 16.7. The Morgan fingerprint density at radius 3 is 2.50 bits per heavy atom. The molecule has 7 heteroatoms. The predicted molar refractivity (Wildman–Crippen MR) is 90.0 cm³/mol. The van der Waals surface area contributed by atoms with Gasteiger partial charge in [0.05, 0.1) is 12.0 Å². The van der Waals surface area contributed by atoms with Crippen molar-refractivity contribution in [3.8, 4) is 0 Å². The topological polar surface area (TPSA) is 64.7 Å². The van der Waals surface area contributed by atoms with Gasteiger partial charge < -0.3 is 20.4 Å². The molecule has 3 amide bonds. The summed E-state index contributed by atoms with van der Waals surface area (Å²) < 4.78 is 0. The van der Waals surface area contributed by atoms with Crippen LogP contribution in [-0.2, 0) is 4.79 Å². The van der Waals surface area contributed by atoms with E-state index in [4.69, 9.17) is 0 Å². The molecule has 22 heavy (non-hydrogen) atoms. The van der Waals surface area contributed by atoms with E-state index in [0.29, 0.717) is 13.1 Å². The van der Waals surface area contributed by atoms with Gasteiger partial charge in [-0.15, -0.1) is 11.3 Å². The zero-order valence-corrected chi connectivity index (χ0v) is 14.7. The molecule has 0 unspecified atom stereocenters. The van der Waals surface area contributed by atoms with Crippen LogP contribution in [0.2, 0.25) is 0 Å². The Kier molecular flexibility index (Phi) is 7.34. The van der Waals surface area contributed by atoms with Crippen LogP contribution in [0.5, 0.6) is 0 Å². The highest BCUT2D eigenvalue weighted by atomic mass is 32.1. The summed E-state index contributed by atoms with van der Waals surface area (Å²) in [5, 5.41) is 7.56. The van der Waals surface area contributed by atoms with Crippen LogP contribution in [-0.4, -0.2) is 63.0 Å². The molecule has 0 saturated heterocycles. The summed E-state index contributed by atoms with van der Waals surface area (Å²) in [6.45, 7) is 2.72. The Morgan fingerprint density at radius 2 is 2.00 bits per heavy atom. The Balaban J connectivity index is 2.51. The minimum absolute atomic E-state index is 0.0654. The number of nitrogens with one attached hydrogen (secondary N) is 2. The third-order valence-corrected chi connectivity index (χ3v) is 4.50. The molecule has 124 valence electrons. The summed E-state index contributed by atoms with van der Waals surface area (Å²) in [6, 6.07) is 4.06. The van der Waals surface area contributed by atoms with Crippen molar-refractivity contribution >= 4 is 23.3 Å². The number of nitrogens with zero attached hydrogens (tertiary/aromatic N) is 2. The third-order valence-electron chi connectivity index (χ3n) is 3.53. The van der Waals surface area contributed by atoms with Crippen molar-refractivity contribution in [3.05, 3.63) is 22.4 Å². The lowest BCUT2D eigenvalue weighted by molar-refractivity contribution is -0.124. The second-order valence-electron chi connectivity index (χ2n) is 5.58. The van der Waals surface area contributed by atoms with Crippen molar-refractivity contribution in [1.29, 1.82) is 0 Å². The largest absolute Gasteiger partial charge is 0.359 e. The summed E-state index contributed by atoms with van der Waals surface area (Å²) in [7, 11) is 7.29. The number of hydrogen-bond acceptors (Lipinski definition) is 4. The maximum atomic E-state index is 12.2. The molecule has 0 aliphatic heterocycles. The number of carbonyl (C=O) groups is 2. The minimum Gasteiger partial charge on any atom is -0.359 e. The van der Waals surface area contributed by atoms with Crippen LogP contribution in [0.15, 0.2) is 17.5 Å². The molecular weight excluding hydrogens is 300 g/mol. The maximum absolute atomic E-state index is 12.2. The molecule has 0 fully saturated rings. The fraction of sp³-hybridized carbons (Fsp3) is 0.600. The van der Waals surface area contributed by atoms with Crippen LogP contribution in [0.3, 0.4) is 0 Å². The molecule has 0 saturated carbocycles. The van der Waals surface area contributed by atoms with Gasteiger partial charge in [-0.2, -0.15) is 0 Å². The van der Waals surface area contributed by atoms with Crippen molar-refractivity contribution < 1.29 is 9.59 Å². The van der Waals surface area contributed by atoms with E-state index in [1.165, 1.54) is 4.88 Å². The molecule has 6 nitrogen and oxygen atoms in total. The maximum Gasteiger partial charge on any atom is 0.317 e. The molecule has 1 aromatic heterocycles. The van der Waals surface area contributed by atoms with Crippen molar-refractivity contribution in [1.82, 2.24) is 20.4 Å². The van der Waals surface area contributed by atoms with E-state index in [2.05, 4.69) is 21.6 Å². The highest BCUT2D eigenvalue weighted by Crippen LogP contribution is 2.22. The third kappa shape index (κ3) is 5.31. The number of rotatable bonds is 7. The molecule has 0 aromatic carbocycles.